The zero-order valence-electron chi connectivity index (χ0n) is 15.6. The molecule has 0 bridgehead atoms. The number of hydrogen-bond donors (Lipinski definition) is 1. The number of hydrogen-bond acceptors (Lipinski definition) is 4. The highest BCUT2D eigenvalue weighted by Crippen LogP contribution is 2.18. The summed E-state index contributed by atoms with van der Waals surface area (Å²) in [6.45, 7) is 3.93. The van der Waals surface area contributed by atoms with Crippen LogP contribution < -0.4 is 5.32 Å². The van der Waals surface area contributed by atoms with Gasteiger partial charge >= 0.3 is 12.0 Å². The fourth-order valence-electron chi connectivity index (χ4n) is 3.22. The van der Waals surface area contributed by atoms with Gasteiger partial charge in [0.25, 0.3) is 0 Å². The molecule has 2 amide bonds. The van der Waals surface area contributed by atoms with Gasteiger partial charge in [-0.1, -0.05) is 18.2 Å². The van der Waals surface area contributed by atoms with Gasteiger partial charge in [0, 0.05) is 25.8 Å². The predicted octanol–water partition coefficient (Wildman–Crippen LogP) is 2.40. The lowest BCUT2D eigenvalue weighted by Gasteiger charge is -2.30. The molecule has 2 heterocycles. The Morgan fingerprint density at radius 2 is 1.96 bits per heavy atom. The summed E-state index contributed by atoms with van der Waals surface area (Å²) in [5.41, 5.74) is 2.08. The second kappa shape index (κ2) is 9.21. The lowest BCUT2D eigenvalue weighted by Crippen LogP contribution is -2.46. The summed E-state index contributed by atoms with van der Waals surface area (Å²) in [5, 5.41) is 7.32. The Balaban J connectivity index is 1.40. The minimum absolute atomic E-state index is 0.0761. The topological polar surface area (TPSA) is 76.5 Å². The van der Waals surface area contributed by atoms with Gasteiger partial charge in [-0.2, -0.15) is 5.10 Å². The lowest BCUT2D eigenvalue weighted by atomic mass is 9.97. The van der Waals surface area contributed by atoms with Gasteiger partial charge in [-0.25, -0.2) is 9.48 Å². The van der Waals surface area contributed by atoms with Crippen molar-refractivity contribution in [2.24, 2.45) is 5.92 Å². The maximum Gasteiger partial charge on any atom is 0.317 e. The van der Waals surface area contributed by atoms with Crippen molar-refractivity contribution in [3.63, 3.8) is 0 Å². The van der Waals surface area contributed by atoms with Crippen LogP contribution in [0.3, 0.4) is 0 Å². The molecule has 0 radical (unpaired) electrons. The van der Waals surface area contributed by atoms with Gasteiger partial charge in [0.15, 0.2) is 0 Å². The summed E-state index contributed by atoms with van der Waals surface area (Å²) in [6, 6.07) is 9.84. The number of amides is 2. The Labute approximate surface area is 159 Å². The van der Waals surface area contributed by atoms with Crippen molar-refractivity contribution in [1.82, 2.24) is 20.0 Å². The first-order chi connectivity index (χ1) is 13.2. The van der Waals surface area contributed by atoms with E-state index in [2.05, 4.69) is 10.4 Å². The average Bonchev–Trinajstić information content (AvgIpc) is 3.18. The fourth-order valence-corrected chi connectivity index (χ4v) is 3.22. The van der Waals surface area contributed by atoms with E-state index in [4.69, 9.17) is 4.74 Å². The molecule has 0 atom stereocenters. The van der Waals surface area contributed by atoms with E-state index in [-0.39, 0.29) is 17.9 Å². The van der Waals surface area contributed by atoms with E-state index in [9.17, 15) is 9.59 Å². The highest BCUT2D eigenvalue weighted by atomic mass is 16.5. The highest BCUT2D eigenvalue weighted by Gasteiger charge is 2.27. The summed E-state index contributed by atoms with van der Waals surface area (Å²) in [4.78, 5) is 25.8. The van der Waals surface area contributed by atoms with Crippen molar-refractivity contribution in [3.8, 4) is 5.69 Å². The van der Waals surface area contributed by atoms with Crippen LogP contribution in [0.4, 0.5) is 4.79 Å². The summed E-state index contributed by atoms with van der Waals surface area (Å²) < 4.78 is 6.89. The third-order valence-electron chi connectivity index (χ3n) is 4.75. The van der Waals surface area contributed by atoms with Crippen molar-refractivity contribution >= 4 is 12.0 Å². The molecule has 0 unspecified atom stereocenters. The molecule has 1 aromatic heterocycles. The Bertz CT molecular complexity index is 752. The standard InChI is InChI=1S/C20H26N4O3/c1-2-27-19(25)17-9-12-23(13-10-17)20(26)21-11-8-16-14-22-24(15-16)18-6-4-3-5-7-18/h3-7,14-15,17H,2,8-13H2,1H3,(H,21,26). The van der Waals surface area contributed by atoms with E-state index >= 15 is 0 Å². The summed E-state index contributed by atoms with van der Waals surface area (Å²) in [7, 11) is 0. The predicted molar refractivity (Wildman–Crippen MR) is 102 cm³/mol. The number of benzene rings is 1. The van der Waals surface area contributed by atoms with Crippen molar-refractivity contribution in [3.05, 3.63) is 48.3 Å². The number of rotatable bonds is 6. The monoisotopic (exact) mass is 370 g/mol. The first-order valence-corrected chi connectivity index (χ1v) is 9.45. The first-order valence-electron chi connectivity index (χ1n) is 9.45. The Kier molecular flexibility index (Phi) is 6.46. The molecular weight excluding hydrogens is 344 g/mol. The van der Waals surface area contributed by atoms with Gasteiger partial charge in [-0.05, 0) is 43.9 Å². The Morgan fingerprint density at radius 3 is 2.67 bits per heavy atom. The molecule has 144 valence electrons. The molecule has 0 spiro atoms. The molecule has 0 aliphatic carbocycles. The molecule has 1 N–H and O–H groups in total. The number of nitrogens with one attached hydrogen (secondary N) is 1. The largest absolute Gasteiger partial charge is 0.466 e. The van der Waals surface area contributed by atoms with Crippen LogP contribution in [-0.4, -0.2) is 52.9 Å². The van der Waals surface area contributed by atoms with Crippen LogP contribution in [0.2, 0.25) is 0 Å². The number of piperidine rings is 1. The second-order valence-electron chi connectivity index (χ2n) is 6.62. The van der Waals surface area contributed by atoms with Crippen LogP contribution in [0.15, 0.2) is 42.7 Å². The maximum absolute atomic E-state index is 12.3. The molecule has 0 saturated carbocycles. The van der Waals surface area contributed by atoms with Gasteiger partial charge in [0.1, 0.15) is 0 Å². The van der Waals surface area contributed by atoms with Crippen molar-refractivity contribution in [2.45, 2.75) is 26.2 Å². The second-order valence-corrected chi connectivity index (χ2v) is 6.62. The molecular formula is C20H26N4O3. The summed E-state index contributed by atoms with van der Waals surface area (Å²) in [5.74, 6) is -0.231. The van der Waals surface area contributed by atoms with Crippen molar-refractivity contribution in [2.75, 3.05) is 26.2 Å². The molecule has 7 nitrogen and oxygen atoms in total. The molecule has 2 aromatic rings. The molecule has 1 aromatic carbocycles. The highest BCUT2D eigenvalue weighted by molar-refractivity contribution is 5.76. The first kappa shape index (κ1) is 18.9. The molecule has 7 heteroatoms. The van der Waals surface area contributed by atoms with E-state index in [0.717, 1.165) is 17.7 Å². The number of nitrogens with zero attached hydrogens (tertiary/aromatic N) is 3. The van der Waals surface area contributed by atoms with Gasteiger partial charge in [-0.3, -0.25) is 4.79 Å². The molecule has 1 aliphatic rings. The van der Waals surface area contributed by atoms with Crippen LogP contribution in [0.5, 0.6) is 0 Å². The lowest BCUT2D eigenvalue weighted by molar-refractivity contribution is -0.149. The van der Waals surface area contributed by atoms with Gasteiger partial charge < -0.3 is 15.0 Å². The quantitative estimate of drug-likeness (QED) is 0.792. The van der Waals surface area contributed by atoms with E-state index in [0.29, 0.717) is 39.1 Å². The molecule has 27 heavy (non-hydrogen) atoms. The fraction of sp³-hybridized carbons (Fsp3) is 0.450. The smallest absolute Gasteiger partial charge is 0.317 e. The van der Waals surface area contributed by atoms with Gasteiger partial charge in [0.2, 0.25) is 0 Å². The number of likely N-dealkylation sites (tertiary alicyclic amines) is 1. The van der Waals surface area contributed by atoms with Crippen molar-refractivity contribution < 1.29 is 14.3 Å². The molecule has 1 aliphatic heterocycles. The number of para-hydroxylation sites is 1. The van der Waals surface area contributed by atoms with E-state index in [1.165, 1.54) is 0 Å². The maximum atomic E-state index is 12.3. The number of carbonyl (C=O) groups excluding carboxylic acids is 2. The average molecular weight is 370 g/mol. The summed E-state index contributed by atoms with van der Waals surface area (Å²) >= 11 is 0. The molecule has 1 saturated heterocycles. The van der Waals surface area contributed by atoms with Crippen LogP contribution in [-0.2, 0) is 16.0 Å². The van der Waals surface area contributed by atoms with E-state index in [1.807, 2.05) is 54.3 Å². The van der Waals surface area contributed by atoms with E-state index in [1.54, 1.807) is 4.90 Å². The van der Waals surface area contributed by atoms with Crippen LogP contribution in [0.1, 0.15) is 25.3 Å². The minimum Gasteiger partial charge on any atom is -0.466 e. The Morgan fingerprint density at radius 1 is 1.22 bits per heavy atom. The normalized spacial score (nSPS) is 14.8. The zero-order valence-corrected chi connectivity index (χ0v) is 15.6. The Hall–Kier alpha value is -2.83. The van der Waals surface area contributed by atoms with Crippen LogP contribution in [0.25, 0.3) is 5.69 Å². The zero-order chi connectivity index (χ0) is 19.1. The van der Waals surface area contributed by atoms with Gasteiger partial charge in [-0.15, -0.1) is 0 Å². The third kappa shape index (κ3) is 5.09. The van der Waals surface area contributed by atoms with Crippen LogP contribution >= 0.6 is 0 Å². The third-order valence-corrected chi connectivity index (χ3v) is 4.75. The number of carbonyl (C=O) groups is 2. The molecule has 1 fully saturated rings. The SMILES string of the molecule is CCOC(=O)C1CCN(C(=O)NCCc2cnn(-c3ccccc3)c2)CC1. The van der Waals surface area contributed by atoms with Crippen LogP contribution in [0, 0.1) is 5.92 Å². The minimum atomic E-state index is -0.145. The van der Waals surface area contributed by atoms with E-state index < -0.39 is 0 Å². The van der Waals surface area contributed by atoms with Crippen molar-refractivity contribution in [1.29, 1.82) is 0 Å². The number of ether oxygens (including phenoxy) is 1. The molecule has 3 rings (SSSR count). The van der Waals surface area contributed by atoms with Gasteiger partial charge in [0.05, 0.1) is 24.4 Å². The number of aromatic nitrogens is 2. The number of esters is 1. The summed E-state index contributed by atoms with van der Waals surface area (Å²) in [6.07, 6.45) is 5.85. The number of urea groups is 1.